The van der Waals surface area contributed by atoms with Crippen molar-refractivity contribution in [3.63, 3.8) is 0 Å². The van der Waals surface area contributed by atoms with Gasteiger partial charge >= 0.3 is 0 Å². The van der Waals surface area contributed by atoms with Gasteiger partial charge in [-0.3, -0.25) is 4.99 Å². The molecule has 0 fully saturated rings. The molecule has 0 aliphatic carbocycles. The molecule has 1 aliphatic heterocycles. The quantitative estimate of drug-likeness (QED) is 0.641. The highest BCUT2D eigenvalue weighted by Crippen LogP contribution is 2.39. The average molecular weight is 410 g/mol. The molecule has 4 rings (SSSR count). The number of nitrogens with one attached hydrogen (secondary N) is 1. The molecule has 29 heavy (non-hydrogen) atoms. The van der Waals surface area contributed by atoms with Crippen LogP contribution in [0.1, 0.15) is 19.4 Å². The molecule has 0 saturated carbocycles. The Labute approximate surface area is 174 Å². The number of pyridine rings is 1. The van der Waals surface area contributed by atoms with E-state index in [2.05, 4.69) is 30.2 Å². The number of benzene rings is 2. The first-order valence-corrected chi connectivity index (χ1v) is 10.8. The molecule has 0 radical (unpaired) electrons. The van der Waals surface area contributed by atoms with Gasteiger partial charge < -0.3 is 10.1 Å². The zero-order chi connectivity index (χ0) is 20.6. The summed E-state index contributed by atoms with van der Waals surface area (Å²) in [5.41, 5.74) is 2.23. The summed E-state index contributed by atoms with van der Waals surface area (Å²) < 4.78 is 19.9. The Bertz CT molecular complexity index is 1100. The zero-order valence-electron chi connectivity index (χ0n) is 17.0. The standard InChI is InChI=1S/C23H24FN3OS/c1-14(2)23(13-25-22(27-23)29-4)18-10-11-20(26-21(18)28-3)16-9-8-15-6-5-7-19(24)17(15)12-16/h5-12,14H,13H2,1-4H3,(H,25,27). The van der Waals surface area contributed by atoms with E-state index < -0.39 is 0 Å². The van der Waals surface area contributed by atoms with Gasteiger partial charge in [0, 0.05) is 16.5 Å². The minimum atomic E-state index is -0.356. The van der Waals surface area contributed by atoms with E-state index in [0.717, 1.165) is 27.4 Å². The number of aromatic nitrogens is 1. The maximum absolute atomic E-state index is 14.2. The fourth-order valence-electron chi connectivity index (χ4n) is 3.86. The highest BCUT2D eigenvalue weighted by atomic mass is 32.2. The Balaban J connectivity index is 1.79. The van der Waals surface area contributed by atoms with Gasteiger partial charge in [0.2, 0.25) is 5.88 Å². The predicted molar refractivity (Wildman–Crippen MR) is 119 cm³/mol. The number of halogens is 1. The minimum Gasteiger partial charge on any atom is -0.481 e. The number of aliphatic imine (C=N–C) groups is 1. The monoisotopic (exact) mass is 409 g/mol. The molecule has 0 saturated heterocycles. The fourth-order valence-corrected chi connectivity index (χ4v) is 4.34. The van der Waals surface area contributed by atoms with Crippen molar-refractivity contribution < 1.29 is 9.13 Å². The highest BCUT2D eigenvalue weighted by molar-refractivity contribution is 8.13. The second-order valence-electron chi connectivity index (χ2n) is 7.51. The summed E-state index contributed by atoms with van der Waals surface area (Å²) in [6.07, 6.45) is 2.01. The van der Waals surface area contributed by atoms with Crippen molar-refractivity contribution in [3.8, 4) is 17.1 Å². The summed E-state index contributed by atoms with van der Waals surface area (Å²) >= 11 is 1.60. The number of nitrogens with zero attached hydrogens (tertiary/aromatic N) is 2. The molecular formula is C23H24FN3OS. The van der Waals surface area contributed by atoms with E-state index in [4.69, 9.17) is 9.72 Å². The molecule has 6 heteroatoms. The average Bonchev–Trinajstić information content (AvgIpc) is 3.19. The zero-order valence-corrected chi connectivity index (χ0v) is 17.8. The first kappa shape index (κ1) is 19.7. The molecule has 150 valence electrons. The molecule has 0 amide bonds. The summed E-state index contributed by atoms with van der Waals surface area (Å²) in [6.45, 7) is 4.98. The summed E-state index contributed by atoms with van der Waals surface area (Å²) in [4.78, 5) is 9.43. The van der Waals surface area contributed by atoms with Gasteiger partial charge in [-0.25, -0.2) is 9.37 Å². The Kier molecular flexibility index (Phi) is 5.21. The van der Waals surface area contributed by atoms with E-state index in [1.54, 1.807) is 24.9 Å². The van der Waals surface area contributed by atoms with E-state index >= 15 is 0 Å². The van der Waals surface area contributed by atoms with Crippen molar-refractivity contribution in [1.82, 2.24) is 10.3 Å². The molecule has 1 aromatic heterocycles. The Morgan fingerprint density at radius 1 is 1.17 bits per heavy atom. The van der Waals surface area contributed by atoms with Gasteiger partial charge in [-0.05, 0) is 41.8 Å². The number of methoxy groups -OCH3 is 1. The van der Waals surface area contributed by atoms with Crippen LogP contribution in [0, 0.1) is 11.7 Å². The van der Waals surface area contributed by atoms with Crippen molar-refractivity contribution in [3.05, 3.63) is 59.9 Å². The van der Waals surface area contributed by atoms with Crippen LogP contribution >= 0.6 is 11.8 Å². The lowest BCUT2D eigenvalue weighted by Crippen LogP contribution is -2.47. The Morgan fingerprint density at radius 3 is 2.69 bits per heavy atom. The molecular weight excluding hydrogens is 385 g/mol. The second-order valence-corrected chi connectivity index (χ2v) is 8.30. The van der Waals surface area contributed by atoms with Crippen molar-refractivity contribution in [2.24, 2.45) is 10.9 Å². The van der Waals surface area contributed by atoms with Crippen LogP contribution in [0.15, 0.2) is 53.5 Å². The van der Waals surface area contributed by atoms with Crippen LogP contribution in [0.25, 0.3) is 22.0 Å². The van der Waals surface area contributed by atoms with Crippen LogP contribution in [0.5, 0.6) is 5.88 Å². The topological polar surface area (TPSA) is 46.5 Å². The normalized spacial score (nSPS) is 18.8. The molecule has 1 unspecified atom stereocenters. The van der Waals surface area contributed by atoms with Crippen molar-refractivity contribution >= 4 is 27.7 Å². The number of hydrogen-bond acceptors (Lipinski definition) is 5. The van der Waals surface area contributed by atoms with Crippen LogP contribution in [0.3, 0.4) is 0 Å². The van der Waals surface area contributed by atoms with Crippen LogP contribution < -0.4 is 10.1 Å². The smallest absolute Gasteiger partial charge is 0.219 e. The van der Waals surface area contributed by atoms with Crippen LogP contribution in [-0.2, 0) is 5.54 Å². The largest absolute Gasteiger partial charge is 0.481 e. The van der Waals surface area contributed by atoms with Gasteiger partial charge in [-0.1, -0.05) is 49.9 Å². The van der Waals surface area contributed by atoms with E-state index in [0.29, 0.717) is 17.8 Å². The lowest BCUT2D eigenvalue weighted by atomic mass is 9.80. The number of rotatable bonds is 4. The van der Waals surface area contributed by atoms with Gasteiger partial charge in [0.1, 0.15) is 5.82 Å². The SMILES string of the molecule is COc1nc(-c2ccc3cccc(F)c3c2)ccc1C1(C(C)C)CN=C(SC)N1. The van der Waals surface area contributed by atoms with E-state index in [-0.39, 0.29) is 17.3 Å². The van der Waals surface area contributed by atoms with Gasteiger partial charge in [0.05, 0.1) is 24.9 Å². The Morgan fingerprint density at radius 2 is 2.00 bits per heavy atom. The Hall–Kier alpha value is -2.60. The molecule has 2 heterocycles. The van der Waals surface area contributed by atoms with E-state index in [1.165, 1.54) is 6.07 Å². The summed E-state index contributed by atoms with van der Waals surface area (Å²) in [6, 6.07) is 14.9. The lowest BCUT2D eigenvalue weighted by molar-refractivity contribution is 0.288. The van der Waals surface area contributed by atoms with E-state index in [1.807, 2.05) is 36.6 Å². The summed E-state index contributed by atoms with van der Waals surface area (Å²) in [7, 11) is 1.63. The molecule has 3 aromatic rings. The van der Waals surface area contributed by atoms with Crippen LogP contribution in [0.2, 0.25) is 0 Å². The lowest BCUT2D eigenvalue weighted by Gasteiger charge is -2.35. The molecule has 0 spiro atoms. The first-order chi connectivity index (χ1) is 14.0. The first-order valence-electron chi connectivity index (χ1n) is 9.59. The molecule has 1 N–H and O–H groups in total. The second kappa shape index (κ2) is 7.67. The van der Waals surface area contributed by atoms with Crippen LogP contribution in [-0.4, -0.2) is 30.1 Å². The molecule has 2 aromatic carbocycles. The third-order valence-electron chi connectivity index (χ3n) is 5.64. The van der Waals surface area contributed by atoms with Crippen LogP contribution in [0.4, 0.5) is 4.39 Å². The number of amidine groups is 1. The maximum atomic E-state index is 14.2. The molecule has 1 aliphatic rings. The van der Waals surface area contributed by atoms with Crippen molar-refractivity contribution in [2.75, 3.05) is 19.9 Å². The fraction of sp³-hybridized carbons (Fsp3) is 0.304. The van der Waals surface area contributed by atoms with Gasteiger partial charge in [-0.2, -0.15) is 0 Å². The maximum Gasteiger partial charge on any atom is 0.219 e. The molecule has 4 nitrogen and oxygen atoms in total. The summed E-state index contributed by atoms with van der Waals surface area (Å²) in [5, 5.41) is 5.96. The predicted octanol–water partition coefficient (Wildman–Crippen LogP) is 5.22. The van der Waals surface area contributed by atoms with Crippen molar-refractivity contribution in [1.29, 1.82) is 0 Å². The number of hydrogen-bond donors (Lipinski definition) is 1. The summed E-state index contributed by atoms with van der Waals surface area (Å²) in [5.74, 6) is 0.616. The minimum absolute atomic E-state index is 0.233. The third kappa shape index (κ3) is 3.35. The molecule has 0 bridgehead atoms. The number of fused-ring (bicyclic) bond motifs is 1. The van der Waals surface area contributed by atoms with E-state index in [9.17, 15) is 4.39 Å². The highest BCUT2D eigenvalue weighted by Gasteiger charge is 2.42. The third-order valence-corrected chi connectivity index (χ3v) is 6.26. The van der Waals surface area contributed by atoms with Gasteiger partial charge in [0.15, 0.2) is 5.17 Å². The number of thioether (sulfide) groups is 1. The molecule has 1 atom stereocenters. The van der Waals surface area contributed by atoms with Gasteiger partial charge in [0.25, 0.3) is 0 Å². The van der Waals surface area contributed by atoms with Gasteiger partial charge in [-0.15, -0.1) is 0 Å². The number of ether oxygens (including phenoxy) is 1. The van der Waals surface area contributed by atoms with Crippen molar-refractivity contribution in [2.45, 2.75) is 19.4 Å².